The smallest absolute Gasteiger partial charge is 0.315 e. The molecular weight excluding hydrogens is 310 g/mol. The average Bonchev–Trinajstić information content (AvgIpc) is 2.94. The maximum Gasteiger partial charge on any atom is 0.315 e. The fraction of sp³-hybridized carbons (Fsp3) is 0.412. The third-order valence-corrected chi connectivity index (χ3v) is 4.32. The van der Waals surface area contributed by atoms with Crippen LogP contribution in [0.3, 0.4) is 0 Å². The van der Waals surface area contributed by atoms with Crippen LogP contribution < -0.4 is 10.6 Å². The van der Waals surface area contributed by atoms with Gasteiger partial charge in [-0.3, -0.25) is 0 Å². The maximum atomic E-state index is 11.9. The molecule has 1 aromatic carbocycles. The number of carbonyl (C=O) groups is 1. The Labute approximate surface area is 141 Å². The summed E-state index contributed by atoms with van der Waals surface area (Å²) in [7, 11) is 0. The number of hydrogen-bond acceptors (Lipinski definition) is 4. The van der Waals surface area contributed by atoms with Crippen molar-refractivity contribution in [1.82, 2.24) is 15.6 Å². The lowest BCUT2D eigenvalue weighted by atomic mass is 10.1. The van der Waals surface area contributed by atoms with E-state index in [2.05, 4.69) is 15.6 Å². The first-order valence-corrected chi connectivity index (χ1v) is 8.53. The first-order valence-electron chi connectivity index (χ1n) is 7.65. The summed E-state index contributed by atoms with van der Waals surface area (Å²) in [6, 6.07) is 7.80. The van der Waals surface area contributed by atoms with E-state index in [-0.39, 0.29) is 12.1 Å². The molecule has 0 bridgehead atoms. The Morgan fingerprint density at radius 2 is 1.91 bits per heavy atom. The first-order chi connectivity index (χ1) is 11.1. The molecule has 0 spiro atoms. The molecule has 2 N–H and O–H groups in total. The molecule has 0 radical (unpaired) electrons. The van der Waals surface area contributed by atoms with Crippen LogP contribution in [-0.2, 0) is 24.4 Å². The van der Waals surface area contributed by atoms with E-state index in [1.807, 2.05) is 45.0 Å². The highest BCUT2D eigenvalue weighted by atomic mass is 32.1. The molecule has 2 aromatic rings. The van der Waals surface area contributed by atoms with E-state index < -0.39 is 0 Å². The molecule has 0 aliphatic heterocycles. The highest BCUT2D eigenvalue weighted by Gasteiger charge is 2.07. The molecule has 23 heavy (non-hydrogen) atoms. The summed E-state index contributed by atoms with van der Waals surface area (Å²) in [5.74, 6) is 0. The second-order valence-corrected chi connectivity index (χ2v) is 6.46. The van der Waals surface area contributed by atoms with Crippen LogP contribution in [0.2, 0.25) is 0 Å². The van der Waals surface area contributed by atoms with Crippen LogP contribution in [0.5, 0.6) is 0 Å². The van der Waals surface area contributed by atoms with Crippen molar-refractivity contribution in [2.24, 2.45) is 0 Å². The number of carbonyl (C=O) groups excluding carboxylic acids is 1. The Balaban J connectivity index is 1.83. The van der Waals surface area contributed by atoms with Crippen molar-refractivity contribution in [3.63, 3.8) is 0 Å². The summed E-state index contributed by atoms with van der Waals surface area (Å²) in [6.45, 7) is 7.49. The third-order valence-electron chi connectivity index (χ3n) is 3.38. The summed E-state index contributed by atoms with van der Waals surface area (Å²) in [4.78, 5) is 17.2. The number of benzene rings is 1. The number of rotatable bonds is 7. The summed E-state index contributed by atoms with van der Waals surface area (Å²) in [5.41, 5.74) is 4.92. The largest absolute Gasteiger partial charge is 0.374 e. The molecule has 0 fully saturated rings. The number of amides is 2. The molecule has 0 saturated heterocycles. The van der Waals surface area contributed by atoms with Crippen molar-refractivity contribution >= 4 is 17.4 Å². The SMILES string of the molecule is Cc1ncsc1CNC(=O)NCc1ccccc1COC(C)C. The molecule has 0 unspecified atom stereocenters. The summed E-state index contributed by atoms with van der Waals surface area (Å²) < 4.78 is 5.65. The van der Waals surface area contributed by atoms with Gasteiger partial charge in [0.05, 0.1) is 30.5 Å². The van der Waals surface area contributed by atoms with Gasteiger partial charge in [0.15, 0.2) is 0 Å². The first kappa shape index (κ1) is 17.4. The number of nitrogens with one attached hydrogen (secondary N) is 2. The normalized spacial score (nSPS) is 10.8. The van der Waals surface area contributed by atoms with Gasteiger partial charge >= 0.3 is 6.03 Å². The zero-order valence-electron chi connectivity index (χ0n) is 13.8. The fourth-order valence-corrected chi connectivity index (χ4v) is 2.74. The van der Waals surface area contributed by atoms with Crippen molar-refractivity contribution in [3.8, 4) is 0 Å². The van der Waals surface area contributed by atoms with Gasteiger partial charge in [0, 0.05) is 11.4 Å². The number of aromatic nitrogens is 1. The number of aryl methyl sites for hydroxylation is 1. The molecular formula is C17H23N3O2S. The van der Waals surface area contributed by atoms with Crippen LogP contribution in [0.1, 0.15) is 35.5 Å². The summed E-state index contributed by atoms with van der Waals surface area (Å²) >= 11 is 1.55. The van der Waals surface area contributed by atoms with E-state index in [0.717, 1.165) is 21.7 Å². The lowest BCUT2D eigenvalue weighted by Crippen LogP contribution is -2.34. The van der Waals surface area contributed by atoms with Crippen LogP contribution in [0.25, 0.3) is 0 Å². The number of nitrogens with zero attached hydrogens (tertiary/aromatic N) is 1. The second kappa shape index (κ2) is 8.64. The van der Waals surface area contributed by atoms with Gasteiger partial charge in [-0.1, -0.05) is 24.3 Å². The van der Waals surface area contributed by atoms with E-state index in [9.17, 15) is 4.79 Å². The Morgan fingerprint density at radius 3 is 2.57 bits per heavy atom. The number of hydrogen-bond donors (Lipinski definition) is 2. The molecule has 6 heteroatoms. The Hall–Kier alpha value is -1.92. The van der Waals surface area contributed by atoms with Crippen molar-refractivity contribution in [3.05, 3.63) is 51.5 Å². The van der Waals surface area contributed by atoms with Gasteiger partial charge in [-0.25, -0.2) is 9.78 Å². The van der Waals surface area contributed by atoms with Gasteiger partial charge in [0.25, 0.3) is 0 Å². The minimum absolute atomic E-state index is 0.182. The van der Waals surface area contributed by atoms with Gasteiger partial charge in [0.1, 0.15) is 0 Å². The third kappa shape index (κ3) is 5.65. The van der Waals surface area contributed by atoms with Crippen LogP contribution >= 0.6 is 11.3 Å². The van der Waals surface area contributed by atoms with Crippen LogP contribution in [0, 0.1) is 6.92 Å². The van der Waals surface area contributed by atoms with Gasteiger partial charge in [-0.05, 0) is 31.9 Å². The predicted molar refractivity (Wildman–Crippen MR) is 92.3 cm³/mol. The molecule has 0 atom stereocenters. The fourth-order valence-electron chi connectivity index (χ4n) is 2.02. The molecule has 124 valence electrons. The molecule has 2 rings (SSSR count). The number of ether oxygens (including phenoxy) is 1. The average molecular weight is 333 g/mol. The van der Waals surface area contributed by atoms with Gasteiger partial charge in [-0.2, -0.15) is 0 Å². The van der Waals surface area contributed by atoms with E-state index >= 15 is 0 Å². The molecule has 0 aliphatic rings. The molecule has 0 saturated carbocycles. The summed E-state index contributed by atoms with van der Waals surface area (Å²) in [6.07, 6.45) is 0.182. The molecule has 1 aromatic heterocycles. The van der Waals surface area contributed by atoms with Crippen molar-refractivity contribution in [2.75, 3.05) is 0 Å². The van der Waals surface area contributed by atoms with E-state index in [4.69, 9.17) is 4.74 Å². The van der Waals surface area contributed by atoms with Gasteiger partial charge in [-0.15, -0.1) is 11.3 Å². The lowest BCUT2D eigenvalue weighted by molar-refractivity contribution is 0.0652. The minimum Gasteiger partial charge on any atom is -0.374 e. The van der Waals surface area contributed by atoms with Gasteiger partial charge in [0.2, 0.25) is 0 Å². The Bertz CT molecular complexity index is 640. The number of thiazole rings is 1. The lowest BCUT2D eigenvalue weighted by Gasteiger charge is -2.13. The zero-order chi connectivity index (χ0) is 16.7. The van der Waals surface area contributed by atoms with Crippen LogP contribution in [-0.4, -0.2) is 17.1 Å². The van der Waals surface area contributed by atoms with Crippen molar-refractivity contribution in [1.29, 1.82) is 0 Å². The Morgan fingerprint density at radius 1 is 1.22 bits per heavy atom. The van der Waals surface area contributed by atoms with E-state index in [1.165, 1.54) is 0 Å². The zero-order valence-corrected chi connectivity index (χ0v) is 14.6. The van der Waals surface area contributed by atoms with Crippen molar-refractivity contribution in [2.45, 2.75) is 46.6 Å². The number of urea groups is 1. The highest BCUT2D eigenvalue weighted by molar-refractivity contribution is 7.09. The van der Waals surface area contributed by atoms with Gasteiger partial charge < -0.3 is 15.4 Å². The quantitative estimate of drug-likeness (QED) is 0.816. The second-order valence-electron chi connectivity index (χ2n) is 5.53. The predicted octanol–water partition coefficient (Wildman–Crippen LogP) is 3.38. The monoisotopic (exact) mass is 333 g/mol. The Kier molecular flexibility index (Phi) is 6.55. The molecule has 2 amide bonds. The van der Waals surface area contributed by atoms with E-state index in [1.54, 1.807) is 16.8 Å². The topological polar surface area (TPSA) is 63.2 Å². The van der Waals surface area contributed by atoms with E-state index in [0.29, 0.717) is 19.7 Å². The van der Waals surface area contributed by atoms with Crippen molar-refractivity contribution < 1.29 is 9.53 Å². The minimum atomic E-state index is -0.183. The summed E-state index contributed by atoms with van der Waals surface area (Å²) in [5, 5.41) is 5.74. The molecule has 5 nitrogen and oxygen atoms in total. The molecule has 0 aliphatic carbocycles. The van der Waals surface area contributed by atoms with Crippen LogP contribution in [0.15, 0.2) is 29.8 Å². The van der Waals surface area contributed by atoms with Crippen LogP contribution in [0.4, 0.5) is 4.79 Å². The highest BCUT2D eigenvalue weighted by Crippen LogP contribution is 2.12. The standard InChI is InChI=1S/C17H23N3O2S/c1-12(2)22-10-15-7-5-4-6-14(15)8-18-17(21)19-9-16-13(3)20-11-23-16/h4-7,11-12H,8-10H2,1-3H3,(H2,18,19,21). The molecule has 1 heterocycles. The maximum absolute atomic E-state index is 11.9.